The van der Waals surface area contributed by atoms with E-state index in [1.54, 1.807) is 12.3 Å². The molecule has 0 fully saturated rings. The molecule has 0 radical (unpaired) electrons. The lowest BCUT2D eigenvalue weighted by Crippen LogP contribution is -1.70. The van der Waals surface area contributed by atoms with E-state index in [0.717, 1.165) is 12.1 Å². The first-order chi connectivity index (χ1) is 4.81. The van der Waals surface area contributed by atoms with Crippen LogP contribution in [-0.4, -0.2) is 6.21 Å². The molecule has 0 aliphatic rings. The van der Waals surface area contributed by atoms with Gasteiger partial charge in [0.25, 0.3) is 0 Å². The van der Waals surface area contributed by atoms with Crippen molar-refractivity contribution in [3.05, 3.63) is 37.1 Å². The Morgan fingerprint density at radius 1 is 1.50 bits per heavy atom. The highest BCUT2D eigenvalue weighted by Gasteiger charge is 1.77. The van der Waals surface area contributed by atoms with E-state index >= 15 is 0 Å². The van der Waals surface area contributed by atoms with Gasteiger partial charge in [-0.2, -0.15) is 0 Å². The fourth-order valence-electron chi connectivity index (χ4n) is 0.368. The third-order valence-corrected chi connectivity index (χ3v) is 0.998. The maximum Gasteiger partial charge on any atom is 0.0329 e. The quantitative estimate of drug-likeness (QED) is 0.415. The molecule has 0 N–H and O–H groups in total. The van der Waals surface area contributed by atoms with Crippen LogP contribution in [0.3, 0.4) is 0 Å². The number of allylic oxidation sites excluding steroid dienone is 4. The first-order valence-corrected chi connectivity index (χ1v) is 3.30. The lowest BCUT2D eigenvalue weighted by molar-refractivity contribution is 1.08. The Bertz CT molecular complexity index is 164. The van der Waals surface area contributed by atoms with Crippen molar-refractivity contribution in [2.24, 2.45) is 4.99 Å². The molecule has 0 aliphatic carbocycles. The number of rotatable bonds is 4. The molecule has 0 atom stereocenters. The molecular weight excluding hydrogens is 122 g/mol. The summed E-state index contributed by atoms with van der Waals surface area (Å²) in [6.45, 7) is 9.26. The summed E-state index contributed by atoms with van der Waals surface area (Å²) in [6, 6.07) is 0. The van der Waals surface area contributed by atoms with Crippen molar-refractivity contribution in [3.8, 4) is 0 Å². The number of nitrogens with zero attached hydrogens (tertiary/aromatic N) is 1. The van der Waals surface area contributed by atoms with Crippen LogP contribution in [0.4, 0.5) is 0 Å². The van der Waals surface area contributed by atoms with Crippen molar-refractivity contribution >= 4 is 6.21 Å². The maximum atomic E-state index is 4.03. The van der Waals surface area contributed by atoms with E-state index < -0.39 is 0 Å². The Morgan fingerprint density at radius 2 is 2.20 bits per heavy atom. The van der Waals surface area contributed by atoms with Crippen molar-refractivity contribution in [2.75, 3.05) is 0 Å². The van der Waals surface area contributed by atoms with Gasteiger partial charge in [0.15, 0.2) is 0 Å². The SMILES string of the molecule is C=C/C=C\C=NC(=C)CC. The van der Waals surface area contributed by atoms with E-state index in [1.807, 2.05) is 19.1 Å². The summed E-state index contributed by atoms with van der Waals surface area (Å²) in [5.41, 5.74) is 0.897. The van der Waals surface area contributed by atoms with Gasteiger partial charge in [0.1, 0.15) is 0 Å². The third-order valence-electron chi connectivity index (χ3n) is 0.998. The zero-order valence-electron chi connectivity index (χ0n) is 6.38. The minimum absolute atomic E-state index is 0.897. The van der Waals surface area contributed by atoms with Crippen molar-refractivity contribution in [3.63, 3.8) is 0 Å². The Balaban J connectivity index is 3.65. The predicted octanol–water partition coefficient (Wildman–Crippen LogP) is 2.72. The molecule has 1 nitrogen and oxygen atoms in total. The second-order valence-electron chi connectivity index (χ2n) is 1.82. The summed E-state index contributed by atoms with van der Waals surface area (Å²) < 4.78 is 0. The van der Waals surface area contributed by atoms with Crippen LogP contribution in [0.25, 0.3) is 0 Å². The largest absolute Gasteiger partial charge is 0.262 e. The number of hydrogen-bond donors (Lipinski definition) is 0. The molecule has 0 amide bonds. The lowest BCUT2D eigenvalue weighted by Gasteiger charge is -1.87. The Kier molecular flexibility index (Phi) is 5.35. The van der Waals surface area contributed by atoms with Gasteiger partial charge in [-0.15, -0.1) is 0 Å². The number of aliphatic imine (C=N–C) groups is 1. The summed E-state index contributed by atoms with van der Waals surface area (Å²) in [6.07, 6.45) is 7.98. The average molecular weight is 135 g/mol. The lowest BCUT2D eigenvalue weighted by atomic mass is 10.4. The summed E-state index contributed by atoms with van der Waals surface area (Å²) in [7, 11) is 0. The molecule has 0 aromatic carbocycles. The normalized spacial score (nSPS) is 10.9. The van der Waals surface area contributed by atoms with Crippen molar-refractivity contribution in [1.29, 1.82) is 0 Å². The monoisotopic (exact) mass is 135 g/mol. The Morgan fingerprint density at radius 3 is 2.70 bits per heavy atom. The molecule has 0 rings (SSSR count). The van der Waals surface area contributed by atoms with E-state index in [0.29, 0.717) is 0 Å². The Hall–Kier alpha value is -1.11. The van der Waals surface area contributed by atoms with Crippen LogP contribution in [0.2, 0.25) is 0 Å². The summed E-state index contributed by atoms with van der Waals surface area (Å²) in [5.74, 6) is 0. The van der Waals surface area contributed by atoms with Crippen LogP contribution in [-0.2, 0) is 0 Å². The Labute approximate surface area is 62.5 Å². The summed E-state index contributed by atoms with van der Waals surface area (Å²) >= 11 is 0. The molecule has 0 aromatic rings. The zero-order chi connectivity index (χ0) is 7.82. The van der Waals surface area contributed by atoms with E-state index in [-0.39, 0.29) is 0 Å². The minimum atomic E-state index is 0.897. The average Bonchev–Trinajstić information content (AvgIpc) is 1.98. The molecule has 0 heterocycles. The van der Waals surface area contributed by atoms with Crippen molar-refractivity contribution in [2.45, 2.75) is 13.3 Å². The van der Waals surface area contributed by atoms with Gasteiger partial charge in [0, 0.05) is 11.9 Å². The van der Waals surface area contributed by atoms with E-state index in [9.17, 15) is 0 Å². The van der Waals surface area contributed by atoms with Gasteiger partial charge in [-0.1, -0.05) is 32.2 Å². The van der Waals surface area contributed by atoms with E-state index in [2.05, 4.69) is 18.2 Å². The van der Waals surface area contributed by atoms with Crippen LogP contribution in [0.1, 0.15) is 13.3 Å². The maximum absolute atomic E-state index is 4.03. The third kappa shape index (κ3) is 5.04. The predicted molar refractivity (Wildman–Crippen MR) is 47.3 cm³/mol. The molecule has 0 saturated heterocycles. The second kappa shape index (κ2) is 6.02. The number of hydrogen-bond acceptors (Lipinski definition) is 1. The first-order valence-electron chi connectivity index (χ1n) is 3.30. The van der Waals surface area contributed by atoms with Gasteiger partial charge < -0.3 is 0 Å². The van der Waals surface area contributed by atoms with E-state index in [1.165, 1.54) is 0 Å². The molecule has 0 unspecified atom stereocenters. The molecule has 0 aromatic heterocycles. The highest BCUT2D eigenvalue weighted by Crippen LogP contribution is 1.95. The van der Waals surface area contributed by atoms with Gasteiger partial charge in [0.2, 0.25) is 0 Å². The topological polar surface area (TPSA) is 12.4 Å². The van der Waals surface area contributed by atoms with Crippen LogP contribution in [0.5, 0.6) is 0 Å². The van der Waals surface area contributed by atoms with Gasteiger partial charge in [0.05, 0.1) is 0 Å². The summed E-state index contributed by atoms with van der Waals surface area (Å²) in [4.78, 5) is 4.03. The molecule has 54 valence electrons. The first kappa shape index (κ1) is 8.89. The van der Waals surface area contributed by atoms with Crippen molar-refractivity contribution in [1.82, 2.24) is 0 Å². The van der Waals surface area contributed by atoms with Gasteiger partial charge >= 0.3 is 0 Å². The summed E-state index contributed by atoms with van der Waals surface area (Å²) in [5, 5.41) is 0. The molecule has 0 aliphatic heterocycles. The van der Waals surface area contributed by atoms with Crippen LogP contribution >= 0.6 is 0 Å². The molecule has 0 saturated carbocycles. The zero-order valence-corrected chi connectivity index (χ0v) is 6.38. The molecule has 0 spiro atoms. The molecule has 1 heteroatoms. The fourth-order valence-corrected chi connectivity index (χ4v) is 0.368. The van der Waals surface area contributed by atoms with Crippen LogP contribution in [0.15, 0.2) is 42.1 Å². The molecular formula is C9H13N. The molecule has 0 bridgehead atoms. The highest BCUT2D eigenvalue weighted by molar-refractivity contribution is 5.72. The highest BCUT2D eigenvalue weighted by atomic mass is 14.7. The molecule has 10 heavy (non-hydrogen) atoms. The van der Waals surface area contributed by atoms with Crippen molar-refractivity contribution < 1.29 is 0 Å². The standard InChI is InChI=1S/C9H13N/c1-4-6-7-8-10-9(3)5-2/h4,6-8H,1,3,5H2,2H3/b7-6-,10-8?. The fraction of sp³-hybridized carbons (Fsp3) is 0.222. The smallest absolute Gasteiger partial charge is 0.0329 e. The van der Waals surface area contributed by atoms with Gasteiger partial charge in [-0.05, 0) is 12.5 Å². The van der Waals surface area contributed by atoms with Crippen LogP contribution in [0, 0.1) is 0 Å². The second-order valence-corrected chi connectivity index (χ2v) is 1.82. The van der Waals surface area contributed by atoms with Gasteiger partial charge in [-0.3, -0.25) is 4.99 Å². The van der Waals surface area contributed by atoms with Crippen LogP contribution < -0.4 is 0 Å². The van der Waals surface area contributed by atoms with E-state index in [4.69, 9.17) is 0 Å². The minimum Gasteiger partial charge on any atom is -0.262 e. The van der Waals surface area contributed by atoms with Gasteiger partial charge in [-0.25, -0.2) is 0 Å².